The summed E-state index contributed by atoms with van der Waals surface area (Å²) < 4.78 is 18.5. The van der Waals surface area contributed by atoms with Crippen molar-refractivity contribution in [2.75, 3.05) is 5.32 Å². The van der Waals surface area contributed by atoms with Gasteiger partial charge in [-0.2, -0.15) is 0 Å². The minimum atomic E-state index is -0.389. The summed E-state index contributed by atoms with van der Waals surface area (Å²) in [6.45, 7) is 0.0947. The van der Waals surface area contributed by atoms with E-state index >= 15 is 0 Å². The van der Waals surface area contributed by atoms with Gasteiger partial charge < -0.3 is 15.1 Å². The second-order valence-electron chi connectivity index (χ2n) is 4.87. The minimum Gasteiger partial charge on any atom is -0.459 e. The van der Waals surface area contributed by atoms with Gasteiger partial charge in [-0.05, 0) is 30.3 Å². The van der Waals surface area contributed by atoms with Crippen LogP contribution in [0.3, 0.4) is 0 Å². The van der Waals surface area contributed by atoms with Crippen LogP contribution in [-0.4, -0.2) is 11.8 Å². The Bertz CT molecular complexity index is 858. The molecule has 0 atom stereocenters. The first-order chi connectivity index (χ1) is 11.6. The number of carbonyl (C=O) groups is 2. The number of hydrogen-bond donors (Lipinski definition) is 2. The van der Waals surface area contributed by atoms with Crippen molar-refractivity contribution in [1.82, 2.24) is 5.32 Å². The van der Waals surface area contributed by atoms with E-state index in [1.54, 1.807) is 42.5 Å². The topological polar surface area (TPSA) is 71.3 Å². The van der Waals surface area contributed by atoms with Gasteiger partial charge in [0.2, 0.25) is 0 Å². The predicted octanol–water partition coefficient (Wildman–Crippen LogP) is 3.66. The molecule has 0 aliphatic carbocycles. The third-order valence-corrected chi connectivity index (χ3v) is 4.21. The maximum Gasteiger partial charge on any atom is 0.291 e. The highest BCUT2D eigenvalue weighted by Crippen LogP contribution is 2.22. The van der Waals surface area contributed by atoms with Crippen LogP contribution in [0.25, 0.3) is 0 Å². The van der Waals surface area contributed by atoms with Gasteiger partial charge >= 0.3 is 0 Å². The Kier molecular flexibility index (Phi) is 4.72. The molecule has 5 nitrogen and oxygen atoms in total. The Hall–Kier alpha value is -2.93. The molecule has 0 fully saturated rings. The fourth-order valence-corrected chi connectivity index (χ4v) is 2.83. The highest BCUT2D eigenvalue weighted by Gasteiger charge is 2.13. The number of furan rings is 1. The number of nitrogens with one attached hydrogen (secondary N) is 2. The zero-order valence-corrected chi connectivity index (χ0v) is 13.2. The molecule has 24 heavy (non-hydrogen) atoms. The van der Waals surface area contributed by atoms with Crippen molar-refractivity contribution in [1.29, 1.82) is 0 Å². The highest BCUT2D eigenvalue weighted by atomic mass is 32.1. The lowest BCUT2D eigenvalue weighted by molar-refractivity contribution is 0.0953. The second kappa shape index (κ2) is 7.10. The van der Waals surface area contributed by atoms with Crippen molar-refractivity contribution in [3.8, 4) is 0 Å². The van der Waals surface area contributed by atoms with E-state index in [1.807, 2.05) is 0 Å². The van der Waals surface area contributed by atoms with Crippen LogP contribution in [0.2, 0.25) is 0 Å². The molecule has 0 spiro atoms. The minimum absolute atomic E-state index is 0.0947. The number of anilines is 1. The Morgan fingerprint density at radius 2 is 1.88 bits per heavy atom. The molecular formula is C17H13FN2O3S. The third-order valence-electron chi connectivity index (χ3n) is 3.21. The number of thiophene rings is 1. The Morgan fingerprint density at radius 1 is 1.04 bits per heavy atom. The Labute approximate surface area is 141 Å². The summed E-state index contributed by atoms with van der Waals surface area (Å²) in [6.07, 6.45) is 1.41. The molecule has 0 aliphatic heterocycles. The zero-order chi connectivity index (χ0) is 16.9. The van der Waals surface area contributed by atoms with Gasteiger partial charge in [0.05, 0.1) is 16.1 Å². The highest BCUT2D eigenvalue weighted by molar-refractivity contribution is 7.18. The number of rotatable bonds is 5. The fourth-order valence-electron chi connectivity index (χ4n) is 2.01. The van der Waals surface area contributed by atoms with Crippen molar-refractivity contribution in [3.05, 3.63) is 76.8 Å². The van der Waals surface area contributed by atoms with E-state index in [4.69, 9.17) is 4.42 Å². The first kappa shape index (κ1) is 15.9. The maximum atomic E-state index is 13.5. The molecule has 2 heterocycles. The number of halogens is 1. The summed E-state index contributed by atoms with van der Waals surface area (Å²) in [5.74, 6) is -0.897. The van der Waals surface area contributed by atoms with Crippen LogP contribution in [0.1, 0.15) is 25.8 Å². The summed E-state index contributed by atoms with van der Waals surface area (Å²) in [7, 11) is 0. The molecule has 2 N–H and O–H groups in total. The molecule has 0 unspecified atom stereocenters. The van der Waals surface area contributed by atoms with E-state index in [2.05, 4.69) is 10.6 Å². The molecule has 2 amide bonds. The smallest absolute Gasteiger partial charge is 0.291 e. The fraction of sp³-hybridized carbons (Fsp3) is 0.0588. The first-order valence-corrected chi connectivity index (χ1v) is 7.91. The van der Waals surface area contributed by atoms with Gasteiger partial charge in [-0.1, -0.05) is 18.2 Å². The van der Waals surface area contributed by atoms with Gasteiger partial charge in [-0.15, -0.1) is 11.3 Å². The summed E-state index contributed by atoms with van der Waals surface area (Å²) in [5, 5.41) is 5.82. The number of amides is 2. The molecular weight excluding hydrogens is 331 g/mol. The molecule has 2 aromatic heterocycles. The van der Waals surface area contributed by atoms with Gasteiger partial charge in [0.25, 0.3) is 11.8 Å². The molecule has 0 bridgehead atoms. The third kappa shape index (κ3) is 3.69. The Morgan fingerprint density at radius 3 is 2.62 bits per heavy atom. The number of carbonyl (C=O) groups excluding carboxylic acids is 2. The van der Waals surface area contributed by atoms with E-state index in [0.717, 1.165) is 11.3 Å². The second-order valence-corrected chi connectivity index (χ2v) is 5.95. The summed E-state index contributed by atoms with van der Waals surface area (Å²) in [4.78, 5) is 24.4. The van der Waals surface area contributed by atoms with E-state index in [-0.39, 0.29) is 29.9 Å². The normalized spacial score (nSPS) is 10.4. The van der Waals surface area contributed by atoms with Crippen LogP contribution in [0.4, 0.5) is 9.39 Å². The first-order valence-electron chi connectivity index (χ1n) is 7.10. The lowest BCUT2D eigenvalue weighted by Crippen LogP contribution is -2.22. The summed E-state index contributed by atoms with van der Waals surface area (Å²) in [6, 6.07) is 12.6. The van der Waals surface area contributed by atoms with Crippen molar-refractivity contribution < 1.29 is 18.4 Å². The van der Waals surface area contributed by atoms with Crippen LogP contribution in [0.5, 0.6) is 0 Å². The lowest BCUT2D eigenvalue weighted by atomic mass is 10.2. The molecule has 1 aromatic carbocycles. The van der Waals surface area contributed by atoms with Crippen molar-refractivity contribution in [2.24, 2.45) is 0 Å². The van der Waals surface area contributed by atoms with Gasteiger partial charge in [-0.3, -0.25) is 9.59 Å². The number of benzene rings is 1. The molecule has 7 heteroatoms. The van der Waals surface area contributed by atoms with Gasteiger partial charge in [0.1, 0.15) is 5.82 Å². The monoisotopic (exact) mass is 344 g/mol. The average Bonchev–Trinajstić information content (AvgIpc) is 3.25. The Balaban J connectivity index is 1.59. The van der Waals surface area contributed by atoms with Crippen LogP contribution in [0.15, 0.2) is 59.2 Å². The van der Waals surface area contributed by atoms with Crippen LogP contribution >= 0.6 is 11.3 Å². The van der Waals surface area contributed by atoms with Crippen LogP contribution in [-0.2, 0) is 6.54 Å². The standard InChI is InChI=1S/C17H13FN2O3S/c18-12-5-2-1-4-11(12)10-19-17(22)14-7-8-15(24-14)20-16(21)13-6-3-9-23-13/h1-9H,10H2,(H,19,22)(H,20,21). The molecule has 3 rings (SSSR count). The predicted molar refractivity (Wildman–Crippen MR) is 88.6 cm³/mol. The van der Waals surface area contributed by atoms with Crippen molar-refractivity contribution in [2.45, 2.75) is 6.54 Å². The van der Waals surface area contributed by atoms with Crippen molar-refractivity contribution in [3.63, 3.8) is 0 Å². The van der Waals surface area contributed by atoms with Gasteiger partial charge in [0.15, 0.2) is 5.76 Å². The van der Waals surface area contributed by atoms with Crippen LogP contribution in [0, 0.1) is 5.82 Å². The maximum absolute atomic E-state index is 13.5. The van der Waals surface area contributed by atoms with Crippen LogP contribution < -0.4 is 10.6 Å². The molecule has 122 valence electrons. The SMILES string of the molecule is O=C(Nc1ccc(C(=O)NCc2ccccc2F)s1)c1ccco1. The average molecular weight is 344 g/mol. The van der Waals surface area contributed by atoms with E-state index in [0.29, 0.717) is 15.4 Å². The van der Waals surface area contributed by atoms with Gasteiger partial charge in [-0.25, -0.2) is 4.39 Å². The molecule has 0 saturated carbocycles. The zero-order valence-electron chi connectivity index (χ0n) is 12.4. The van der Waals surface area contributed by atoms with Crippen molar-refractivity contribution >= 4 is 28.2 Å². The molecule has 0 saturated heterocycles. The number of hydrogen-bond acceptors (Lipinski definition) is 4. The van der Waals surface area contributed by atoms with Gasteiger partial charge in [0, 0.05) is 12.1 Å². The van der Waals surface area contributed by atoms with E-state index < -0.39 is 0 Å². The summed E-state index contributed by atoms with van der Waals surface area (Å²) >= 11 is 1.13. The molecule has 0 radical (unpaired) electrons. The largest absolute Gasteiger partial charge is 0.459 e. The van der Waals surface area contributed by atoms with E-state index in [1.165, 1.54) is 12.3 Å². The molecule has 0 aliphatic rings. The van der Waals surface area contributed by atoms with E-state index in [9.17, 15) is 14.0 Å². The quantitative estimate of drug-likeness (QED) is 0.742. The molecule has 3 aromatic rings. The summed E-state index contributed by atoms with van der Waals surface area (Å²) in [5.41, 5.74) is 0.411. The lowest BCUT2D eigenvalue weighted by Gasteiger charge is -2.04.